The van der Waals surface area contributed by atoms with Crippen LogP contribution >= 0.6 is 0 Å². The summed E-state index contributed by atoms with van der Waals surface area (Å²) in [6.07, 6.45) is 0. The zero-order chi connectivity index (χ0) is 12.4. The van der Waals surface area contributed by atoms with Gasteiger partial charge in [-0.05, 0) is 19.1 Å². The highest BCUT2D eigenvalue weighted by Crippen LogP contribution is 2.06. The number of sulfonamides is 1. The van der Waals surface area contributed by atoms with E-state index in [1.54, 1.807) is 6.92 Å². The topological polar surface area (TPSA) is 120 Å². The lowest BCUT2D eigenvalue weighted by molar-refractivity contribution is 0.584. The Kier molecular flexibility index (Phi) is 3.61. The van der Waals surface area contributed by atoms with Gasteiger partial charge in [-0.15, -0.1) is 5.10 Å². The van der Waals surface area contributed by atoms with Gasteiger partial charge in [0.25, 0.3) is 0 Å². The second-order valence-electron chi connectivity index (χ2n) is 3.20. The maximum Gasteiger partial charge on any atom is 0.210 e. The molecule has 16 heavy (non-hydrogen) atoms. The van der Waals surface area contributed by atoms with Gasteiger partial charge in [0.1, 0.15) is 0 Å². The lowest BCUT2D eigenvalue weighted by Crippen LogP contribution is -2.23. The molecule has 2 N–H and O–H groups in total. The van der Waals surface area contributed by atoms with E-state index in [1.807, 2.05) is 0 Å². The standard InChI is InChI=1S/C7H11N3O4S2/c1-6-2-3-7(10-9-6)15(11,12)4-5-16(8,13)14/h2-3H,4-5H2,1H3,(H2,8,13,14). The van der Waals surface area contributed by atoms with Crippen LogP contribution in [0, 0.1) is 6.92 Å². The number of aromatic nitrogens is 2. The lowest BCUT2D eigenvalue weighted by Gasteiger charge is -2.01. The maximum absolute atomic E-state index is 11.6. The molecular weight excluding hydrogens is 254 g/mol. The Hall–Kier alpha value is -1.06. The summed E-state index contributed by atoms with van der Waals surface area (Å²) in [5, 5.41) is 11.5. The molecule has 0 unspecified atom stereocenters. The first-order chi connectivity index (χ1) is 7.21. The molecule has 0 fully saturated rings. The third-order valence-electron chi connectivity index (χ3n) is 1.73. The molecule has 1 rings (SSSR count). The van der Waals surface area contributed by atoms with Gasteiger partial charge in [0, 0.05) is 0 Å². The minimum atomic E-state index is -3.80. The molecule has 1 aromatic heterocycles. The first kappa shape index (κ1) is 13.0. The highest BCUT2D eigenvalue weighted by molar-refractivity contribution is 7.94. The number of aryl methyl sites for hydroxylation is 1. The summed E-state index contributed by atoms with van der Waals surface area (Å²) in [6.45, 7) is 1.66. The summed E-state index contributed by atoms with van der Waals surface area (Å²) in [6, 6.07) is 2.76. The van der Waals surface area contributed by atoms with Crippen LogP contribution in [-0.4, -0.2) is 38.5 Å². The first-order valence-electron chi connectivity index (χ1n) is 4.24. The second-order valence-corrected chi connectivity index (χ2v) is 6.99. The Labute approximate surface area is 93.7 Å². The average molecular weight is 265 g/mol. The predicted octanol–water partition coefficient (Wildman–Crippen LogP) is -1.15. The van der Waals surface area contributed by atoms with E-state index in [0.29, 0.717) is 5.69 Å². The number of nitrogens with two attached hydrogens (primary N) is 1. The van der Waals surface area contributed by atoms with Gasteiger partial charge < -0.3 is 0 Å². The zero-order valence-corrected chi connectivity index (χ0v) is 10.1. The van der Waals surface area contributed by atoms with Crippen molar-refractivity contribution < 1.29 is 16.8 Å². The molecule has 0 bridgehead atoms. The molecular formula is C7H11N3O4S2. The fourth-order valence-corrected chi connectivity index (χ4v) is 3.34. The van der Waals surface area contributed by atoms with Crippen LogP contribution in [0.3, 0.4) is 0 Å². The third kappa shape index (κ3) is 3.83. The SMILES string of the molecule is Cc1ccc(S(=O)(=O)CCS(N)(=O)=O)nn1. The maximum atomic E-state index is 11.6. The molecule has 7 nitrogen and oxygen atoms in total. The van der Waals surface area contributed by atoms with Gasteiger partial charge in [0.2, 0.25) is 10.0 Å². The molecule has 0 aliphatic carbocycles. The number of hydrogen-bond donors (Lipinski definition) is 1. The largest absolute Gasteiger partial charge is 0.229 e. The van der Waals surface area contributed by atoms with Crippen LogP contribution in [0.4, 0.5) is 0 Å². The number of primary sulfonamides is 1. The predicted molar refractivity (Wildman–Crippen MR) is 56.8 cm³/mol. The Bertz CT molecular complexity index is 562. The van der Waals surface area contributed by atoms with E-state index in [-0.39, 0.29) is 5.03 Å². The molecule has 0 saturated heterocycles. The minimum absolute atomic E-state index is 0.248. The van der Waals surface area contributed by atoms with Gasteiger partial charge in [0.05, 0.1) is 17.2 Å². The Morgan fingerprint density at radius 2 is 1.75 bits per heavy atom. The summed E-state index contributed by atoms with van der Waals surface area (Å²) in [5.41, 5.74) is 0.574. The van der Waals surface area contributed by atoms with Crippen molar-refractivity contribution >= 4 is 19.9 Å². The summed E-state index contributed by atoms with van der Waals surface area (Å²) >= 11 is 0. The molecule has 1 aromatic rings. The van der Waals surface area contributed by atoms with Crippen molar-refractivity contribution in [3.63, 3.8) is 0 Å². The van der Waals surface area contributed by atoms with Gasteiger partial charge in [-0.2, -0.15) is 5.10 Å². The summed E-state index contributed by atoms with van der Waals surface area (Å²) < 4.78 is 44.4. The number of rotatable bonds is 4. The molecule has 0 atom stereocenters. The van der Waals surface area contributed by atoms with Crippen molar-refractivity contribution in [3.05, 3.63) is 17.8 Å². The van der Waals surface area contributed by atoms with E-state index in [9.17, 15) is 16.8 Å². The van der Waals surface area contributed by atoms with E-state index in [0.717, 1.165) is 0 Å². The van der Waals surface area contributed by atoms with Crippen LogP contribution < -0.4 is 5.14 Å². The van der Waals surface area contributed by atoms with E-state index in [1.165, 1.54) is 12.1 Å². The molecule has 0 spiro atoms. The fourth-order valence-electron chi connectivity index (χ4n) is 0.883. The van der Waals surface area contributed by atoms with Crippen molar-refractivity contribution in [1.82, 2.24) is 10.2 Å². The molecule has 0 aliphatic rings. The normalized spacial score (nSPS) is 12.6. The Balaban J connectivity index is 2.91. The van der Waals surface area contributed by atoms with Crippen molar-refractivity contribution in [2.75, 3.05) is 11.5 Å². The van der Waals surface area contributed by atoms with Crippen LogP contribution in [0.2, 0.25) is 0 Å². The molecule has 1 heterocycles. The fraction of sp³-hybridized carbons (Fsp3) is 0.429. The van der Waals surface area contributed by atoms with Gasteiger partial charge in [-0.25, -0.2) is 22.0 Å². The van der Waals surface area contributed by atoms with Gasteiger partial charge >= 0.3 is 0 Å². The van der Waals surface area contributed by atoms with Gasteiger partial charge in [0.15, 0.2) is 14.9 Å². The third-order valence-corrected chi connectivity index (χ3v) is 4.36. The molecule has 0 amide bonds. The van der Waals surface area contributed by atoms with E-state index < -0.39 is 31.4 Å². The zero-order valence-electron chi connectivity index (χ0n) is 8.49. The van der Waals surface area contributed by atoms with E-state index >= 15 is 0 Å². The molecule has 0 radical (unpaired) electrons. The van der Waals surface area contributed by atoms with Gasteiger partial charge in [-0.3, -0.25) is 0 Å². The molecule has 0 aliphatic heterocycles. The van der Waals surface area contributed by atoms with Crippen LogP contribution in [-0.2, 0) is 19.9 Å². The van der Waals surface area contributed by atoms with Crippen molar-refractivity contribution in [2.24, 2.45) is 5.14 Å². The Morgan fingerprint density at radius 3 is 2.19 bits per heavy atom. The first-order valence-corrected chi connectivity index (χ1v) is 7.61. The quantitative estimate of drug-likeness (QED) is 0.733. The number of hydrogen-bond acceptors (Lipinski definition) is 6. The summed E-state index contributed by atoms with van der Waals surface area (Å²) in [4.78, 5) is 0. The van der Waals surface area contributed by atoms with Crippen molar-refractivity contribution in [1.29, 1.82) is 0 Å². The number of sulfone groups is 1. The molecule has 9 heteroatoms. The van der Waals surface area contributed by atoms with Crippen LogP contribution in [0.5, 0.6) is 0 Å². The highest BCUT2D eigenvalue weighted by atomic mass is 32.2. The summed E-state index contributed by atoms with van der Waals surface area (Å²) in [5.74, 6) is -1.23. The van der Waals surface area contributed by atoms with Crippen LogP contribution in [0.25, 0.3) is 0 Å². The Morgan fingerprint density at radius 1 is 1.12 bits per heavy atom. The lowest BCUT2D eigenvalue weighted by atomic mass is 10.4. The van der Waals surface area contributed by atoms with E-state index in [2.05, 4.69) is 10.2 Å². The average Bonchev–Trinajstić information content (AvgIpc) is 2.15. The second kappa shape index (κ2) is 4.44. The van der Waals surface area contributed by atoms with E-state index in [4.69, 9.17) is 5.14 Å². The molecule has 0 aromatic carbocycles. The van der Waals surface area contributed by atoms with Gasteiger partial charge in [-0.1, -0.05) is 0 Å². The highest BCUT2D eigenvalue weighted by Gasteiger charge is 2.19. The minimum Gasteiger partial charge on any atom is -0.229 e. The van der Waals surface area contributed by atoms with Crippen LogP contribution in [0.1, 0.15) is 5.69 Å². The molecule has 0 saturated carbocycles. The van der Waals surface area contributed by atoms with Crippen molar-refractivity contribution in [2.45, 2.75) is 11.9 Å². The number of nitrogens with zero attached hydrogens (tertiary/aromatic N) is 2. The summed E-state index contributed by atoms with van der Waals surface area (Å²) in [7, 11) is -7.54. The van der Waals surface area contributed by atoms with Crippen LogP contribution in [0.15, 0.2) is 17.2 Å². The smallest absolute Gasteiger partial charge is 0.210 e. The monoisotopic (exact) mass is 265 g/mol. The molecule has 90 valence electrons. The van der Waals surface area contributed by atoms with Crippen molar-refractivity contribution in [3.8, 4) is 0 Å².